The van der Waals surface area contributed by atoms with Gasteiger partial charge in [0.25, 0.3) is 0 Å². The molecule has 0 unspecified atom stereocenters. The second-order valence-corrected chi connectivity index (χ2v) is 13.8. The van der Waals surface area contributed by atoms with Gasteiger partial charge in [-0.1, -0.05) is 24.3 Å². The van der Waals surface area contributed by atoms with Crippen LogP contribution in [-0.4, -0.2) is 25.5 Å². The van der Waals surface area contributed by atoms with E-state index in [1.165, 1.54) is 16.8 Å². The molecule has 0 radical (unpaired) electrons. The van der Waals surface area contributed by atoms with Crippen molar-refractivity contribution in [3.8, 4) is 5.75 Å². The Kier molecular flexibility index (Phi) is 8.35. The maximum atomic E-state index is 9.55. The molecule has 0 spiro atoms. The Labute approximate surface area is 178 Å². The van der Waals surface area contributed by atoms with Crippen LogP contribution in [0.1, 0.15) is 50.8 Å². The van der Waals surface area contributed by atoms with Crippen LogP contribution >= 0.6 is 0 Å². The topological polar surface area (TPSA) is 32.7 Å². The fourth-order valence-corrected chi connectivity index (χ4v) is 4.81. The number of aliphatic hydroxyl groups is 1. The van der Waals surface area contributed by atoms with Crippen molar-refractivity contribution in [3.63, 3.8) is 0 Å². The lowest BCUT2D eigenvalue weighted by molar-refractivity contribution is 0.281. The summed E-state index contributed by atoms with van der Waals surface area (Å²) in [6.45, 7) is 15.7. The van der Waals surface area contributed by atoms with Gasteiger partial charge in [0.15, 0.2) is 0 Å². The first-order valence-electron chi connectivity index (χ1n) is 10.9. The molecule has 0 aliphatic carbocycles. The van der Waals surface area contributed by atoms with Crippen molar-refractivity contribution < 1.29 is 9.53 Å². The standard InChI is InChI=1S/C25H39NO2Si/c1-19(2)26(20(3)4)24-14-9-8-11-22(24)12-10-13-23-17-21(18-27)15-16-25(23)28-29(5,6)7/h8-9,11,14-17,19-20,27H,10,12-13,18H2,1-7H3. The van der Waals surface area contributed by atoms with Gasteiger partial charge in [-0.3, -0.25) is 0 Å². The Morgan fingerprint density at radius 1 is 0.897 bits per heavy atom. The largest absolute Gasteiger partial charge is 0.544 e. The molecule has 4 heteroatoms. The smallest absolute Gasteiger partial charge is 0.242 e. The van der Waals surface area contributed by atoms with Crippen LogP contribution in [0.4, 0.5) is 5.69 Å². The molecule has 0 bridgehead atoms. The number of hydrogen-bond acceptors (Lipinski definition) is 3. The molecule has 0 aromatic heterocycles. The highest BCUT2D eigenvalue weighted by Gasteiger charge is 2.19. The number of anilines is 1. The maximum Gasteiger partial charge on any atom is 0.242 e. The van der Waals surface area contributed by atoms with Crippen LogP contribution in [0.2, 0.25) is 19.6 Å². The van der Waals surface area contributed by atoms with Crippen LogP contribution in [0, 0.1) is 0 Å². The average molecular weight is 414 g/mol. The van der Waals surface area contributed by atoms with E-state index in [1.807, 2.05) is 12.1 Å². The van der Waals surface area contributed by atoms with Gasteiger partial charge in [-0.2, -0.15) is 0 Å². The summed E-state index contributed by atoms with van der Waals surface area (Å²) in [5.74, 6) is 0.987. The third-order valence-corrected chi connectivity index (χ3v) is 5.83. The van der Waals surface area contributed by atoms with E-state index in [0.717, 1.165) is 30.6 Å². The second kappa shape index (κ2) is 10.3. The van der Waals surface area contributed by atoms with Crippen LogP contribution in [0.25, 0.3) is 0 Å². The minimum atomic E-state index is -1.68. The molecule has 2 aromatic carbocycles. The Hall–Kier alpha value is -1.78. The van der Waals surface area contributed by atoms with Gasteiger partial charge in [-0.05, 0) is 101 Å². The molecule has 0 heterocycles. The summed E-state index contributed by atoms with van der Waals surface area (Å²) in [7, 11) is -1.68. The molecular formula is C25H39NO2Si. The Bertz CT molecular complexity index is 773. The number of rotatable bonds is 10. The number of hydrogen-bond donors (Lipinski definition) is 1. The van der Waals surface area contributed by atoms with E-state index in [4.69, 9.17) is 4.43 Å². The van der Waals surface area contributed by atoms with Crippen LogP contribution in [0.15, 0.2) is 42.5 Å². The third kappa shape index (κ3) is 6.90. The average Bonchev–Trinajstić information content (AvgIpc) is 2.62. The first-order valence-corrected chi connectivity index (χ1v) is 14.3. The van der Waals surface area contributed by atoms with Crippen molar-refractivity contribution in [2.75, 3.05) is 4.90 Å². The number of aryl methyl sites for hydroxylation is 2. The normalized spacial score (nSPS) is 11.9. The van der Waals surface area contributed by atoms with Gasteiger partial charge in [0.2, 0.25) is 8.32 Å². The molecule has 0 amide bonds. The van der Waals surface area contributed by atoms with E-state index < -0.39 is 8.32 Å². The van der Waals surface area contributed by atoms with Gasteiger partial charge in [-0.25, -0.2) is 0 Å². The lowest BCUT2D eigenvalue weighted by Crippen LogP contribution is -2.37. The minimum absolute atomic E-state index is 0.0702. The molecule has 160 valence electrons. The highest BCUT2D eigenvalue weighted by atomic mass is 28.4. The summed E-state index contributed by atoms with van der Waals surface area (Å²) in [5.41, 5.74) is 4.91. The van der Waals surface area contributed by atoms with Gasteiger partial charge in [0.05, 0.1) is 6.61 Å². The molecule has 0 atom stereocenters. The van der Waals surface area contributed by atoms with Crippen LogP contribution in [0.3, 0.4) is 0 Å². The molecule has 3 nitrogen and oxygen atoms in total. The summed E-state index contributed by atoms with van der Waals surface area (Å²) in [6.07, 6.45) is 3.03. The zero-order valence-corrected chi connectivity index (χ0v) is 20.3. The number of nitrogens with zero attached hydrogens (tertiary/aromatic N) is 1. The molecule has 29 heavy (non-hydrogen) atoms. The summed E-state index contributed by atoms with van der Waals surface area (Å²) >= 11 is 0. The van der Waals surface area contributed by atoms with Gasteiger partial charge in [-0.15, -0.1) is 0 Å². The van der Waals surface area contributed by atoms with Crippen molar-refractivity contribution in [3.05, 3.63) is 59.2 Å². The second-order valence-electron chi connectivity index (χ2n) is 9.39. The van der Waals surface area contributed by atoms with E-state index in [2.05, 4.69) is 82.6 Å². The predicted octanol–water partition coefficient (Wildman–Crippen LogP) is 6.19. The lowest BCUT2D eigenvalue weighted by Gasteiger charge is -2.34. The van der Waals surface area contributed by atoms with Crippen molar-refractivity contribution in [2.45, 2.75) is 85.3 Å². The minimum Gasteiger partial charge on any atom is -0.544 e. The van der Waals surface area contributed by atoms with Crippen molar-refractivity contribution in [1.82, 2.24) is 0 Å². The van der Waals surface area contributed by atoms with Gasteiger partial charge < -0.3 is 14.4 Å². The van der Waals surface area contributed by atoms with E-state index >= 15 is 0 Å². The van der Waals surface area contributed by atoms with Gasteiger partial charge in [0.1, 0.15) is 5.75 Å². The first-order chi connectivity index (χ1) is 13.6. The van der Waals surface area contributed by atoms with E-state index in [1.54, 1.807) is 0 Å². The zero-order valence-electron chi connectivity index (χ0n) is 19.3. The van der Waals surface area contributed by atoms with Crippen molar-refractivity contribution in [1.29, 1.82) is 0 Å². The fraction of sp³-hybridized carbons (Fsp3) is 0.520. The highest BCUT2D eigenvalue weighted by Crippen LogP contribution is 2.28. The molecule has 0 fully saturated rings. The maximum absolute atomic E-state index is 9.55. The molecule has 0 saturated heterocycles. The number of para-hydroxylation sites is 1. The molecular weight excluding hydrogens is 374 g/mol. The summed E-state index contributed by atoms with van der Waals surface area (Å²) < 4.78 is 6.31. The molecule has 1 N–H and O–H groups in total. The summed E-state index contributed by atoms with van der Waals surface area (Å²) in [4.78, 5) is 2.50. The summed E-state index contributed by atoms with van der Waals surface area (Å²) in [5, 5.41) is 9.55. The van der Waals surface area contributed by atoms with Gasteiger partial charge >= 0.3 is 0 Å². The molecule has 0 saturated carbocycles. The molecule has 0 aliphatic rings. The van der Waals surface area contributed by atoms with Crippen molar-refractivity contribution >= 4 is 14.0 Å². The van der Waals surface area contributed by atoms with E-state index in [-0.39, 0.29) is 6.61 Å². The lowest BCUT2D eigenvalue weighted by atomic mass is 9.99. The summed E-state index contributed by atoms with van der Waals surface area (Å²) in [6, 6.07) is 15.8. The molecule has 2 aromatic rings. The van der Waals surface area contributed by atoms with Crippen LogP contribution < -0.4 is 9.33 Å². The number of aliphatic hydroxyl groups excluding tert-OH is 1. The Balaban J connectivity index is 2.18. The van der Waals surface area contributed by atoms with Crippen molar-refractivity contribution in [2.24, 2.45) is 0 Å². The monoisotopic (exact) mass is 413 g/mol. The fourth-order valence-electron chi connectivity index (χ4n) is 3.95. The third-order valence-electron chi connectivity index (χ3n) is 5.00. The number of benzene rings is 2. The SMILES string of the molecule is CC(C)N(c1ccccc1CCCc1cc(CO)ccc1O[Si](C)(C)C)C(C)C. The highest BCUT2D eigenvalue weighted by molar-refractivity contribution is 6.70. The van der Waals surface area contributed by atoms with E-state index in [0.29, 0.717) is 12.1 Å². The Morgan fingerprint density at radius 2 is 1.52 bits per heavy atom. The van der Waals surface area contributed by atoms with E-state index in [9.17, 15) is 5.11 Å². The quantitative estimate of drug-likeness (QED) is 0.471. The first kappa shape index (κ1) is 23.5. The molecule has 2 rings (SSSR count). The molecule has 0 aliphatic heterocycles. The zero-order chi connectivity index (χ0) is 21.6. The van der Waals surface area contributed by atoms with Crippen LogP contribution in [-0.2, 0) is 19.4 Å². The van der Waals surface area contributed by atoms with Crippen LogP contribution in [0.5, 0.6) is 5.75 Å². The predicted molar refractivity (Wildman–Crippen MR) is 128 cm³/mol. The van der Waals surface area contributed by atoms with Gasteiger partial charge in [0, 0.05) is 17.8 Å². The Morgan fingerprint density at radius 3 is 2.10 bits per heavy atom.